The van der Waals surface area contributed by atoms with E-state index in [1.54, 1.807) is 12.3 Å². The van der Waals surface area contributed by atoms with E-state index in [0.29, 0.717) is 43.0 Å². The van der Waals surface area contributed by atoms with E-state index in [2.05, 4.69) is 25.5 Å². The molecule has 1 fully saturated rings. The normalized spacial score (nSPS) is 14.5. The highest BCUT2D eigenvalue weighted by Gasteiger charge is 2.23. The van der Waals surface area contributed by atoms with E-state index in [-0.39, 0.29) is 12.1 Å². The number of rotatable bonds is 4. The van der Waals surface area contributed by atoms with Crippen LogP contribution in [0, 0.1) is 0 Å². The smallest absolute Gasteiger partial charge is 0.317 e. The fraction of sp³-hybridized carbons (Fsp3) is 0.389. The van der Waals surface area contributed by atoms with E-state index in [4.69, 9.17) is 11.6 Å². The second kappa shape index (κ2) is 8.23. The molecule has 2 N–H and O–H groups in total. The monoisotopic (exact) mass is 374 g/mol. The second-order valence-corrected chi connectivity index (χ2v) is 6.83. The van der Waals surface area contributed by atoms with Crippen molar-refractivity contribution in [2.24, 2.45) is 0 Å². The van der Waals surface area contributed by atoms with Crippen molar-refractivity contribution < 1.29 is 4.79 Å². The third kappa shape index (κ3) is 4.54. The van der Waals surface area contributed by atoms with Gasteiger partial charge < -0.3 is 20.4 Å². The lowest BCUT2D eigenvalue weighted by molar-refractivity contribution is 0.191. The maximum absolute atomic E-state index is 12.1. The van der Waals surface area contributed by atoms with Crippen molar-refractivity contribution in [1.29, 1.82) is 0 Å². The van der Waals surface area contributed by atoms with E-state index in [9.17, 15) is 4.79 Å². The van der Waals surface area contributed by atoms with Gasteiger partial charge in [0.15, 0.2) is 0 Å². The topological polar surface area (TPSA) is 73.4 Å². The van der Waals surface area contributed by atoms with E-state index < -0.39 is 0 Å². The van der Waals surface area contributed by atoms with Crippen LogP contribution in [0.4, 0.5) is 22.2 Å². The molecule has 1 aliphatic rings. The minimum atomic E-state index is -0.0188. The first-order valence-corrected chi connectivity index (χ1v) is 9.05. The van der Waals surface area contributed by atoms with Crippen LogP contribution in [0.5, 0.6) is 0 Å². The molecule has 1 aromatic heterocycles. The van der Waals surface area contributed by atoms with Crippen LogP contribution < -0.4 is 15.5 Å². The lowest BCUT2D eigenvalue weighted by Gasteiger charge is -2.35. The Morgan fingerprint density at radius 3 is 2.58 bits per heavy atom. The maximum Gasteiger partial charge on any atom is 0.317 e. The van der Waals surface area contributed by atoms with Gasteiger partial charge in [-0.3, -0.25) is 0 Å². The molecular weight excluding hydrogens is 352 g/mol. The molecule has 2 heterocycles. The summed E-state index contributed by atoms with van der Waals surface area (Å²) in [5, 5.41) is 6.78. The van der Waals surface area contributed by atoms with Crippen LogP contribution in [0.15, 0.2) is 36.5 Å². The second-order valence-electron chi connectivity index (χ2n) is 6.43. The number of para-hydroxylation sites is 1. The van der Waals surface area contributed by atoms with Crippen molar-refractivity contribution in [3.8, 4) is 0 Å². The fourth-order valence-electron chi connectivity index (χ4n) is 2.72. The number of nitrogens with zero attached hydrogens (tertiary/aromatic N) is 4. The zero-order chi connectivity index (χ0) is 18.5. The molecule has 0 bridgehead atoms. The van der Waals surface area contributed by atoms with Gasteiger partial charge in [-0.05, 0) is 32.0 Å². The van der Waals surface area contributed by atoms with Gasteiger partial charge in [0, 0.05) is 38.4 Å². The van der Waals surface area contributed by atoms with Crippen LogP contribution >= 0.6 is 11.6 Å². The first-order valence-electron chi connectivity index (χ1n) is 8.68. The highest BCUT2D eigenvalue weighted by atomic mass is 35.5. The first kappa shape index (κ1) is 18.3. The molecule has 2 amide bonds. The molecule has 0 spiro atoms. The number of benzene rings is 1. The van der Waals surface area contributed by atoms with Gasteiger partial charge in [-0.25, -0.2) is 9.78 Å². The SMILES string of the molecule is CC(C)NC(=O)N1CCN(c2nccc(Nc3ccccc3Cl)n2)CC1. The Labute approximate surface area is 158 Å². The highest BCUT2D eigenvalue weighted by molar-refractivity contribution is 6.33. The summed E-state index contributed by atoms with van der Waals surface area (Å²) in [7, 11) is 0. The standard InChI is InChI=1S/C18H23ClN6O/c1-13(2)21-18(26)25-11-9-24(10-12-25)17-20-8-7-16(23-17)22-15-6-4-3-5-14(15)19/h3-8,13H,9-12H2,1-2H3,(H,21,26)(H,20,22,23). The molecule has 0 radical (unpaired) electrons. The van der Waals surface area contributed by atoms with Crippen LogP contribution in [0.25, 0.3) is 0 Å². The zero-order valence-corrected chi connectivity index (χ0v) is 15.7. The molecule has 0 aliphatic carbocycles. The highest BCUT2D eigenvalue weighted by Crippen LogP contribution is 2.24. The summed E-state index contributed by atoms with van der Waals surface area (Å²) in [6.07, 6.45) is 1.72. The van der Waals surface area contributed by atoms with Crippen LogP contribution in [-0.4, -0.2) is 53.1 Å². The Bertz CT molecular complexity index is 761. The Morgan fingerprint density at radius 1 is 1.15 bits per heavy atom. The Kier molecular flexibility index (Phi) is 5.78. The van der Waals surface area contributed by atoms with Gasteiger partial charge in [-0.1, -0.05) is 23.7 Å². The third-order valence-corrected chi connectivity index (χ3v) is 4.37. The average Bonchev–Trinajstić information content (AvgIpc) is 2.63. The summed E-state index contributed by atoms with van der Waals surface area (Å²) in [4.78, 5) is 24.9. The van der Waals surface area contributed by atoms with Gasteiger partial charge in [0.05, 0.1) is 10.7 Å². The summed E-state index contributed by atoms with van der Waals surface area (Å²) in [5.41, 5.74) is 0.800. The lowest BCUT2D eigenvalue weighted by atomic mass is 10.3. The molecule has 0 unspecified atom stereocenters. The van der Waals surface area contributed by atoms with Crippen molar-refractivity contribution in [2.45, 2.75) is 19.9 Å². The minimum Gasteiger partial charge on any atom is -0.339 e. The number of anilines is 3. The van der Waals surface area contributed by atoms with Gasteiger partial charge in [0.2, 0.25) is 5.95 Å². The molecule has 7 nitrogen and oxygen atoms in total. The number of hydrogen-bond acceptors (Lipinski definition) is 5. The molecule has 1 aromatic carbocycles. The number of aromatic nitrogens is 2. The predicted molar refractivity (Wildman–Crippen MR) is 104 cm³/mol. The van der Waals surface area contributed by atoms with Crippen LogP contribution in [-0.2, 0) is 0 Å². The first-order chi connectivity index (χ1) is 12.5. The van der Waals surface area contributed by atoms with Gasteiger partial charge in [-0.15, -0.1) is 0 Å². The lowest BCUT2D eigenvalue weighted by Crippen LogP contribution is -2.53. The molecule has 138 valence electrons. The summed E-state index contributed by atoms with van der Waals surface area (Å²) in [6, 6.07) is 9.44. The summed E-state index contributed by atoms with van der Waals surface area (Å²) < 4.78 is 0. The van der Waals surface area contributed by atoms with Crippen molar-refractivity contribution in [3.63, 3.8) is 0 Å². The Morgan fingerprint density at radius 2 is 1.88 bits per heavy atom. The zero-order valence-electron chi connectivity index (χ0n) is 14.9. The number of piperazine rings is 1. The molecule has 1 saturated heterocycles. The van der Waals surface area contributed by atoms with Crippen LogP contribution in [0.1, 0.15) is 13.8 Å². The number of carbonyl (C=O) groups excluding carboxylic acids is 1. The molecular formula is C18H23ClN6O. The van der Waals surface area contributed by atoms with Gasteiger partial charge in [-0.2, -0.15) is 4.98 Å². The minimum absolute atomic E-state index is 0.0188. The predicted octanol–water partition coefficient (Wildman–Crippen LogP) is 3.11. The van der Waals surface area contributed by atoms with Gasteiger partial charge >= 0.3 is 6.03 Å². The van der Waals surface area contributed by atoms with Gasteiger partial charge in [0.25, 0.3) is 0 Å². The molecule has 8 heteroatoms. The van der Waals surface area contributed by atoms with Gasteiger partial charge in [0.1, 0.15) is 5.82 Å². The average molecular weight is 375 g/mol. The third-order valence-electron chi connectivity index (χ3n) is 4.04. The summed E-state index contributed by atoms with van der Waals surface area (Å²) >= 11 is 6.18. The van der Waals surface area contributed by atoms with E-state index in [1.165, 1.54) is 0 Å². The van der Waals surface area contributed by atoms with E-state index in [1.807, 2.05) is 43.0 Å². The van der Waals surface area contributed by atoms with Crippen molar-refractivity contribution in [3.05, 3.63) is 41.6 Å². The van der Waals surface area contributed by atoms with Crippen LogP contribution in [0.2, 0.25) is 5.02 Å². The number of carbonyl (C=O) groups is 1. The molecule has 2 aromatic rings. The van der Waals surface area contributed by atoms with Crippen molar-refractivity contribution in [2.75, 3.05) is 36.4 Å². The number of nitrogens with one attached hydrogen (secondary N) is 2. The Hall–Kier alpha value is -2.54. The molecule has 3 rings (SSSR count). The molecule has 0 atom stereocenters. The largest absolute Gasteiger partial charge is 0.339 e. The molecule has 26 heavy (non-hydrogen) atoms. The fourth-order valence-corrected chi connectivity index (χ4v) is 2.90. The summed E-state index contributed by atoms with van der Waals surface area (Å²) in [5.74, 6) is 1.33. The number of amides is 2. The maximum atomic E-state index is 12.1. The quantitative estimate of drug-likeness (QED) is 0.860. The number of urea groups is 1. The Balaban J connectivity index is 1.63. The van der Waals surface area contributed by atoms with Crippen molar-refractivity contribution in [1.82, 2.24) is 20.2 Å². The number of halogens is 1. The van der Waals surface area contributed by atoms with E-state index in [0.717, 1.165) is 5.69 Å². The molecule has 1 aliphatic heterocycles. The molecule has 0 saturated carbocycles. The van der Waals surface area contributed by atoms with E-state index >= 15 is 0 Å². The number of hydrogen-bond donors (Lipinski definition) is 2. The van der Waals surface area contributed by atoms with Crippen LogP contribution in [0.3, 0.4) is 0 Å². The van der Waals surface area contributed by atoms with Crippen molar-refractivity contribution >= 4 is 35.1 Å². The summed E-state index contributed by atoms with van der Waals surface area (Å²) in [6.45, 7) is 6.59.